The van der Waals surface area contributed by atoms with Crippen molar-refractivity contribution in [3.8, 4) is 0 Å². The Morgan fingerprint density at radius 3 is 2.56 bits per heavy atom. The summed E-state index contributed by atoms with van der Waals surface area (Å²) in [5.74, 6) is 0.696. The third-order valence-corrected chi connectivity index (χ3v) is 1.72. The van der Waals surface area contributed by atoms with Gasteiger partial charge < -0.3 is 0 Å². The standard InChI is InChI=1S/C9H16/c1-5-7-9(4)8(3)6-2/h5,8H,6H2,1-4H3. The van der Waals surface area contributed by atoms with Gasteiger partial charge in [0.25, 0.3) is 0 Å². The summed E-state index contributed by atoms with van der Waals surface area (Å²) in [5, 5.41) is 0. The highest BCUT2D eigenvalue weighted by Crippen LogP contribution is 2.10. The van der Waals surface area contributed by atoms with Crippen molar-refractivity contribution in [2.75, 3.05) is 0 Å². The zero-order chi connectivity index (χ0) is 7.28. The SMILES string of the molecule is CC=C=C(C)C(C)CC. The van der Waals surface area contributed by atoms with Crippen LogP contribution in [-0.2, 0) is 0 Å². The van der Waals surface area contributed by atoms with E-state index in [2.05, 4.69) is 26.5 Å². The molecule has 1 atom stereocenters. The lowest BCUT2D eigenvalue weighted by Gasteiger charge is -2.04. The Labute approximate surface area is 58.3 Å². The lowest BCUT2D eigenvalue weighted by atomic mass is 10.0. The molecule has 0 nitrogen and oxygen atoms in total. The van der Waals surface area contributed by atoms with Gasteiger partial charge in [-0.3, -0.25) is 0 Å². The lowest BCUT2D eigenvalue weighted by molar-refractivity contribution is 0.657. The Morgan fingerprint density at radius 2 is 2.22 bits per heavy atom. The Kier molecular flexibility index (Phi) is 4.17. The van der Waals surface area contributed by atoms with Crippen molar-refractivity contribution in [2.45, 2.75) is 34.1 Å². The van der Waals surface area contributed by atoms with Crippen LogP contribution in [0.2, 0.25) is 0 Å². The van der Waals surface area contributed by atoms with Gasteiger partial charge in [-0.05, 0) is 37.8 Å². The molecule has 0 heterocycles. The highest BCUT2D eigenvalue weighted by molar-refractivity contribution is 5.00. The molecule has 0 saturated carbocycles. The second-order valence-corrected chi connectivity index (χ2v) is 2.43. The Bertz CT molecular complexity index is 125. The summed E-state index contributed by atoms with van der Waals surface area (Å²) in [6.07, 6.45) is 3.19. The smallest absolute Gasteiger partial charge is 0.0161 e. The topological polar surface area (TPSA) is 0 Å². The predicted octanol–water partition coefficient (Wildman–Crippen LogP) is 3.15. The van der Waals surface area contributed by atoms with E-state index in [1.807, 2.05) is 13.0 Å². The number of allylic oxidation sites excluding steroid dienone is 1. The molecular weight excluding hydrogens is 108 g/mol. The van der Waals surface area contributed by atoms with Gasteiger partial charge in [0.05, 0.1) is 0 Å². The van der Waals surface area contributed by atoms with E-state index in [0.29, 0.717) is 5.92 Å². The fourth-order valence-corrected chi connectivity index (χ4v) is 0.676. The minimum absolute atomic E-state index is 0.696. The fraction of sp³-hybridized carbons (Fsp3) is 0.667. The van der Waals surface area contributed by atoms with Crippen molar-refractivity contribution in [2.24, 2.45) is 5.92 Å². The molecule has 0 saturated heterocycles. The Hall–Kier alpha value is -0.480. The Morgan fingerprint density at radius 1 is 1.67 bits per heavy atom. The van der Waals surface area contributed by atoms with Gasteiger partial charge in [0.15, 0.2) is 0 Å². The summed E-state index contributed by atoms with van der Waals surface area (Å²) in [7, 11) is 0. The van der Waals surface area contributed by atoms with Crippen LogP contribution in [0.1, 0.15) is 34.1 Å². The van der Waals surface area contributed by atoms with Gasteiger partial charge >= 0.3 is 0 Å². The monoisotopic (exact) mass is 124 g/mol. The highest BCUT2D eigenvalue weighted by atomic mass is 14.0. The van der Waals surface area contributed by atoms with E-state index in [-0.39, 0.29) is 0 Å². The van der Waals surface area contributed by atoms with Crippen LogP contribution in [0, 0.1) is 5.92 Å². The van der Waals surface area contributed by atoms with Gasteiger partial charge in [0.2, 0.25) is 0 Å². The van der Waals surface area contributed by atoms with E-state index in [9.17, 15) is 0 Å². The Balaban J connectivity index is 4.02. The first-order valence-corrected chi connectivity index (χ1v) is 3.60. The van der Waals surface area contributed by atoms with E-state index in [1.165, 1.54) is 12.0 Å². The molecule has 0 aliphatic rings. The normalized spacial score (nSPS) is 12.0. The molecule has 0 aliphatic heterocycles. The molecule has 0 spiro atoms. The molecule has 0 amide bonds. The third-order valence-electron chi connectivity index (χ3n) is 1.72. The van der Waals surface area contributed by atoms with E-state index in [1.54, 1.807) is 0 Å². The summed E-state index contributed by atoms with van der Waals surface area (Å²) in [6, 6.07) is 0. The molecular formula is C9H16. The maximum atomic E-state index is 3.19. The van der Waals surface area contributed by atoms with Crippen LogP contribution >= 0.6 is 0 Å². The van der Waals surface area contributed by atoms with Crippen LogP contribution in [0.15, 0.2) is 17.4 Å². The largest absolute Gasteiger partial charge is 0.126 e. The van der Waals surface area contributed by atoms with Crippen LogP contribution in [-0.4, -0.2) is 0 Å². The zero-order valence-electron chi connectivity index (χ0n) is 6.86. The number of rotatable bonds is 2. The molecule has 0 radical (unpaired) electrons. The first-order valence-electron chi connectivity index (χ1n) is 3.60. The molecule has 0 heteroatoms. The summed E-state index contributed by atoms with van der Waals surface area (Å²) in [4.78, 5) is 0. The minimum atomic E-state index is 0.696. The van der Waals surface area contributed by atoms with Gasteiger partial charge in [-0.25, -0.2) is 0 Å². The van der Waals surface area contributed by atoms with Gasteiger partial charge in [-0.1, -0.05) is 13.8 Å². The quantitative estimate of drug-likeness (QED) is 0.496. The van der Waals surface area contributed by atoms with E-state index in [4.69, 9.17) is 0 Å². The average Bonchev–Trinajstić information content (AvgIpc) is 1.87. The number of hydrogen-bond donors (Lipinski definition) is 0. The second kappa shape index (κ2) is 4.40. The van der Waals surface area contributed by atoms with E-state index in [0.717, 1.165) is 0 Å². The maximum absolute atomic E-state index is 3.19. The van der Waals surface area contributed by atoms with Crippen LogP contribution in [0.5, 0.6) is 0 Å². The van der Waals surface area contributed by atoms with Crippen molar-refractivity contribution < 1.29 is 0 Å². The molecule has 52 valence electrons. The molecule has 0 rings (SSSR count). The average molecular weight is 124 g/mol. The van der Waals surface area contributed by atoms with Gasteiger partial charge in [0.1, 0.15) is 0 Å². The van der Waals surface area contributed by atoms with Crippen molar-refractivity contribution in [1.82, 2.24) is 0 Å². The van der Waals surface area contributed by atoms with Gasteiger partial charge in [-0.15, -0.1) is 5.73 Å². The van der Waals surface area contributed by atoms with E-state index < -0.39 is 0 Å². The molecule has 9 heavy (non-hydrogen) atoms. The van der Waals surface area contributed by atoms with Crippen LogP contribution < -0.4 is 0 Å². The molecule has 0 fully saturated rings. The molecule has 0 bridgehead atoms. The van der Waals surface area contributed by atoms with Crippen LogP contribution in [0.4, 0.5) is 0 Å². The van der Waals surface area contributed by atoms with Crippen molar-refractivity contribution in [3.63, 3.8) is 0 Å². The third kappa shape index (κ3) is 3.16. The van der Waals surface area contributed by atoms with Crippen molar-refractivity contribution in [3.05, 3.63) is 17.4 Å². The fourth-order valence-electron chi connectivity index (χ4n) is 0.676. The summed E-state index contributed by atoms with van der Waals surface area (Å²) in [5.41, 5.74) is 4.55. The molecule has 0 aromatic carbocycles. The summed E-state index contributed by atoms with van der Waals surface area (Å²) < 4.78 is 0. The first-order chi connectivity index (χ1) is 4.22. The van der Waals surface area contributed by atoms with Crippen molar-refractivity contribution >= 4 is 0 Å². The maximum Gasteiger partial charge on any atom is -0.0161 e. The van der Waals surface area contributed by atoms with Crippen LogP contribution in [0.3, 0.4) is 0 Å². The molecule has 0 aromatic rings. The van der Waals surface area contributed by atoms with E-state index >= 15 is 0 Å². The lowest BCUT2D eigenvalue weighted by Crippen LogP contribution is -1.90. The summed E-state index contributed by atoms with van der Waals surface area (Å²) >= 11 is 0. The summed E-state index contributed by atoms with van der Waals surface area (Å²) in [6.45, 7) is 8.57. The first kappa shape index (κ1) is 8.52. The second-order valence-electron chi connectivity index (χ2n) is 2.43. The molecule has 0 N–H and O–H groups in total. The molecule has 0 aliphatic carbocycles. The molecule has 1 unspecified atom stereocenters. The van der Waals surface area contributed by atoms with Gasteiger partial charge in [-0.2, -0.15) is 0 Å². The zero-order valence-corrected chi connectivity index (χ0v) is 6.86. The van der Waals surface area contributed by atoms with Gasteiger partial charge in [0, 0.05) is 0 Å². The van der Waals surface area contributed by atoms with Crippen molar-refractivity contribution in [1.29, 1.82) is 0 Å². The van der Waals surface area contributed by atoms with Crippen LogP contribution in [0.25, 0.3) is 0 Å². The minimum Gasteiger partial charge on any atom is -0.126 e. The molecule has 0 aromatic heterocycles. The number of hydrogen-bond acceptors (Lipinski definition) is 0. The predicted molar refractivity (Wildman–Crippen MR) is 42.4 cm³/mol. The highest BCUT2D eigenvalue weighted by Gasteiger charge is 1.97.